The van der Waals surface area contributed by atoms with E-state index in [-0.39, 0.29) is 5.97 Å². The second-order valence-corrected chi connectivity index (χ2v) is 3.75. The van der Waals surface area contributed by atoms with Crippen molar-refractivity contribution in [2.24, 2.45) is 0 Å². The molecule has 0 saturated carbocycles. The molecule has 0 aliphatic carbocycles. The SMILES string of the molecule is C[C@]1(C(=O)OCc2ccccc2)CN1. The van der Waals surface area contributed by atoms with Gasteiger partial charge in [0.05, 0.1) is 0 Å². The van der Waals surface area contributed by atoms with E-state index in [4.69, 9.17) is 4.74 Å². The third-order valence-corrected chi connectivity index (χ3v) is 2.37. The molecule has 2 rings (SSSR count). The Morgan fingerprint density at radius 1 is 1.50 bits per heavy atom. The van der Waals surface area contributed by atoms with Crippen LogP contribution in [-0.2, 0) is 16.1 Å². The lowest BCUT2D eigenvalue weighted by Crippen LogP contribution is -2.26. The summed E-state index contributed by atoms with van der Waals surface area (Å²) in [5.41, 5.74) is 0.597. The summed E-state index contributed by atoms with van der Waals surface area (Å²) < 4.78 is 5.15. The van der Waals surface area contributed by atoms with Gasteiger partial charge in [-0.05, 0) is 12.5 Å². The highest BCUT2D eigenvalue weighted by molar-refractivity contribution is 5.84. The van der Waals surface area contributed by atoms with Crippen molar-refractivity contribution in [2.75, 3.05) is 6.54 Å². The molecule has 14 heavy (non-hydrogen) atoms. The lowest BCUT2D eigenvalue weighted by molar-refractivity contribution is -0.147. The molecule has 74 valence electrons. The Balaban J connectivity index is 1.86. The van der Waals surface area contributed by atoms with Crippen molar-refractivity contribution >= 4 is 5.97 Å². The smallest absolute Gasteiger partial charge is 0.327 e. The Morgan fingerprint density at radius 3 is 2.71 bits per heavy atom. The van der Waals surface area contributed by atoms with E-state index in [0.717, 1.165) is 12.1 Å². The lowest BCUT2D eigenvalue weighted by atomic mass is 10.2. The summed E-state index contributed by atoms with van der Waals surface area (Å²) in [6, 6.07) is 9.68. The summed E-state index contributed by atoms with van der Waals surface area (Å²) in [4.78, 5) is 11.4. The average Bonchev–Trinajstić information content (AvgIpc) is 2.96. The largest absolute Gasteiger partial charge is 0.459 e. The molecule has 3 nitrogen and oxygen atoms in total. The number of esters is 1. The molecule has 1 aromatic rings. The Morgan fingerprint density at radius 2 is 2.14 bits per heavy atom. The average molecular weight is 191 g/mol. The summed E-state index contributed by atoms with van der Waals surface area (Å²) in [5.74, 6) is -0.165. The van der Waals surface area contributed by atoms with Crippen LogP contribution in [0.1, 0.15) is 12.5 Å². The molecule has 0 spiro atoms. The van der Waals surface area contributed by atoms with Crippen molar-refractivity contribution < 1.29 is 9.53 Å². The predicted molar refractivity (Wildman–Crippen MR) is 52.6 cm³/mol. The Kier molecular flexibility index (Phi) is 2.25. The van der Waals surface area contributed by atoms with Gasteiger partial charge in [-0.25, -0.2) is 4.79 Å². The molecular formula is C11H13NO2. The van der Waals surface area contributed by atoms with Gasteiger partial charge in [0.1, 0.15) is 12.1 Å². The summed E-state index contributed by atoms with van der Waals surface area (Å²) in [6.45, 7) is 2.93. The van der Waals surface area contributed by atoms with Crippen molar-refractivity contribution in [3.8, 4) is 0 Å². The minimum Gasteiger partial charge on any atom is -0.459 e. The third-order valence-electron chi connectivity index (χ3n) is 2.37. The Hall–Kier alpha value is -1.35. The molecule has 0 amide bonds. The maximum Gasteiger partial charge on any atom is 0.327 e. The van der Waals surface area contributed by atoms with E-state index >= 15 is 0 Å². The predicted octanol–water partition coefficient (Wildman–Crippen LogP) is 1.09. The van der Waals surface area contributed by atoms with Gasteiger partial charge in [-0.3, -0.25) is 5.32 Å². The van der Waals surface area contributed by atoms with Crippen molar-refractivity contribution in [3.05, 3.63) is 35.9 Å². The van der Waals surface area contributed by atoms with Gasteiger partial charge in [-0.1, -0.05) is 30.3 Å². The number of nitrogens with one attached hydrogen (secondary N) is 1. The maximum absolute atomic E-state index is 11.4. The van der Waals surface area contributed by atoms with E-state index in [1.165, 1.54) is 0 Å². The van der Waals surface area contributed by atoms with Crippen LogP contribution in [0.3, 0.4) is 0 Å². The van der Waals surface area contributed by atoms with E-state index in [0.29, 0.717) is 6.61 Å². The second kappa shape index (κ2) is 3.42. The van der Waals surface area contributed by atoms with Crippen LogP contribution >= 0.6 is 0 Å². The summed E-state index contributed by atoms with van der Waals surface area (Å²) in [6.07, 6.45) is 0. The number of carbonyl (C=O) groups excluding carboxylic acids is 1. The molecule has 1 N–H and O–H groups in total. The highest BCUT2D eigenvalue weighted by Crippen LogP contribution is 2.18. The zero-order valence-corrected chi connectivity index (χ0v) is 8.12. The van der Waals surface area contributed by atoms with Crippen LogP contribution in [0.2, 0.25) is 0 Å². The molecule has 0 bridgehead atoms. The number of rotatable bonds is 3. The molecule has 3 heteroatoms. The Labute approximate surface area is 83.1 Å². The molecule has 1 atom stereocenters. The van der Waals surface area contributed by atoms with Crippen molar-refractivity contribution in [3.63, 3.8) is 0 Å². The maximum atomic E-state index is 11.4. The first-order chi connectivity index (χ1) is 6.71. The highest BCUT2D eigenvalue weighted by Gasteiger charge is 2.46. The molecule has 1 heterocycles. The van der Waals surface area contributed by atoms with Crippen LogP contribution in [0.5, 0.6) is 0 Å². The van der Waals surface area contributed by atoms with E-state index < -0.39 is 5.54 Å². The van der Waals surface area contributed by atoms with Crippen molar-refractivity contribution in [1.82, 2.24) is 5.32 Å². The molecule has 0 unspecified atom stereocenters. The number of ether oxygens (including phenoxy) is 1. The molecule has 0 aromatic heterocycles. The molecule has 1 aliphatic rings. The van der Waals surface area contributed by atoms with Crippen molar-refractivity contribution in [2.45, 2.75) is 19.1 Å². The first-order valence-electron chi connectivity index (χ1n) is 4.67. The van der Waals surface area contributed by atoms with Gasteiger partial charge in [0.25, 0.3) is 0 Å². The van der Waals surface area contributed by atoms with Crippen LogP contribution in [0.15, 0.2) is 30.3 Å². The normalized spacial score (nSPS) is 24.4. The van der Waals surface area contributed by atoms with Gasteiger partial charge in [0.15, 0.2) is 0 Å². The zero-order chi connectivity index (χ0) is 10.0. The first-order valence-corrected chi connectivity index (χ1v) is 4.67. The van der Waals surface area contributed by atoms with Gasteiger partial charge in [0, 0.05) is 6.54 Å². The van der Waals surface area contributed by atoms with Crippen LogP contribution in [-0.4, -0.2) is 18.1 Å². The van der Waals surface area contributed by atoms with Gasteiger partial charge in [0.2, 0.25) is 0 Å². The number of hydrogen-bond donors (Lipinski definition) is 1. The summed E-state index contributed by atoms with van der Waals surface area (Å²) in [5, 5.41) is 2.97. The highest BCUT2D eigenvalue weighted by atomic mass is 16.5. The quantitative estimate of drug-likeness (QED) is 0.574. The van der Waals surface area contributed by atoms with E-state index in [2.05, 4.69) is 5.32 Å². The first kappa shape index (κ1) is 9.21. The standard InChI is InChI=1S/C11H13NO2/c1-11(8-12-11)10(13)14-7-9-5-3-2-4-6-9/h2-6,12H,7-8H2,1H3/t11-/m1/s1. The fraction of sp³-hybridized carbons (Fsp3) is 0.364. The van der Waals surface area contributed by atoms with Crippen LogP contribution < -0.4 is 5.32 Å². The fourth-order valence-corrected chi connectivity index (χ4v) is 1.16. The third kappa shape index (κ3) is 1.93. The minimum absolute atomic E-state index is 0.165. The number of carbonyl (C=O) groups is 1. The minimum atomic E-state index is -0.422. The van der Waals surface area contributed by atoms with Crippen LogP contribution in [0, 0.1) is 0 Å². The van der Waals surface area contributed by atoms with Gasteiger partial charge < -0.3 is 4.74 Å². The molecule has 0 radical (unpaired) electrons. The molecule has 1 saturated heterocycles. The van der Waals surface area contributed by atoms with Crippen molar-refractivity contribution in [1.29, 1.82) is 0 Å². The monoisotopic (exact) mass is 191 g/mol. The molecular weight excluding hydrogens is 178 g/mol. The topological polar surface area (TPSA) is 48.2 Å². The van der Waals surface area contributed by atoms with Crippen LogP contribution in [0.25, 0.3) is 0 Å². The number of benzene rings is 1. The summed E-state index contributed by atoms with van der Waals surface area (Å²) >= 11 is 0. The number of hydrogen-bond acceptors (Lipinski definition) is 3. The molecule has 1 fully saturated rings. The van der Waals surface area contributed by atoms with E-state index in [9.17, 15) is 4.79 Å². The zero-order valence-electron chi connectivity index (χ0n) is 8.12. The lowest BCUT2D eigenvalue weighted by Gasteiger charge is -2.07. The Bertz CT molecular complexity index is 330. The molecule has 1 aliphatic heterocycles. The second-order valence-electron chi connectivity index (χ2n) is 3.75. The fourth-order valence-electron chi connectivity index (χ4n) is 1.16. The van der Waals surface area contributed by atoms with Gasteiger partial charge in [-0.2, -0.15) is 0 Å². The van der Waals surface area contributed by atoms with Crippen LogP contribution in [0.4, 0.5) is 0 Å². The summed E-state index contributed by atoms with van der Waals surface area (Å²) in [7, 11) is 0. The van der Waals surface area contributed by atoms with E-state index in [1.54, 1.807) is 0 Å². The van der Waals surface area contributed by atoms with Gasteiger partial charge in [-0.15, -0.1) is 0 Å². The van der Waals surface area contributed by atoms with Gasteiger partial charge >= 0.3 is 5.97 Å². The molecule has 1 aromatic carbocycles. The van der Waals surface area contributed by atoms with E-state index in [1.807, 2.05) is 37.3 Å².